The van der Waals surface area contributed by atoms with E-state index in [0.717, 1.165) is 11.3 Å². The van der Waals surface area contributed by atoms with Crippen LogP contribution in [0, 0.1) is 11.3 Å². The zero-order valence-corrected chi connectivity index (χ0v) is 13.4. The van der Waals surface area contributed by atoms with Gasteiger partial charge in [-0.2, -0.15) is 5.26 Å². The van der Waals surface area contributed by atoms with Crippen molar-refractivity contribution in [3.05, 3.63) is 44.2 Å². The smallest absolute Gasteiger partial charge is 0.271 e. The molecule has 0 saturated heterocycles. The van der Waals surface area contributed by atoms with Gasteiger partial charge in [-0.1, -0.05) is 34.8 Å². The van der Waals surface area contributed by atoms with Crippen LogP contribution in [0.3, 0.4) is 0 Å². The third-order valence-corrected chi connectivity index (χ3v) is 6.26. The van der Waals surface area contributed by atoms with E-state index in [0.29, 0.717) is 0 Å². The van der Waals surface area contributed by atoms with Gasteiger partial charge in [-0.15, -0.1) is 11.3 Å². The van der Waals surface area contributed by atoms with E-state index in [4.69, 9.17) is 40.1 Å². The molecule has 0 fully saturated rings. The number of sulfonamides is 1. The molecule has 1 N–H and O–H groups in total. The van der Waals surface area contributed by atoms with Gasteiger partial charge in [0.1, 0.15) is 14.6 Å². The van der Waals surface area contributed by atoms with E-state index in [1.165, 1.54) is 24.3 Å². The largest absolute Gasteiger partial charge is 0.279 e. The number of rotatable bonds is 3. The highest BCUT2D eigenvalue weighted by Crippen LogP contribution is 2.35. The molecular weight excluding hydrogens is 363 g/mol. The molecule has 1 heterocycles. The molecule has 20 heavy (non-hydrogen) atoms. The Morgan fingerprint density at radius 3 is 2.35 bits per heavy atom. The summed E-state index contributed by atoms with van der Waals surface area (Å²) in [6.45, 7) is 0. The predicted octanol–water partition coefficient (Wildman–Crippen LogP) is 4.38. The van der Waals surface area contributed by atoms with Gasteiger partial charge in [0, 0.05) is 0 Å². The molecule has 0 aliphatic heterocycles. The molecule has 2 aromatic rings. The van der Waals surface area contributed by atoms with Crippen LogP contribution in [0.25, 0.3) is 0 Å². The molecule has 0 amide bonds. The third-order valence-electron chi connectivity index (χ3n) is 2.23. The second kappa shape index (κ2) is 5.80. The van der Waals surface area contributed by atoms with E-state index in [2.05, 4.69) is 4.72 Å². The Kier molecular flexibility index (Phi) is 4.47. The van der Waals surface area contributed by atoms with Crippen molar-refractivity contribution in [2.45, 2.75) is 4.21 Å². The second-order valence-corrected chi connectivity index (χ2v) is 7.98. The van der Waals surface area contributed by atoms with Crippen LogP contribution in [-0.2, 0) is 10.0 Å². The fourth-order valence-corrected chi connectivity index (χ4v) is 4.49. The Morgan fingerprint density at radius 2 is 1.85 bits per heavy atom. The molecule has 0 aliphatic carbocycles. The summed E-state index contributed by atoms with van der Waals surface area (Å²) in [6.07, 6.45) is 0. The minimum Gasteiger partial charge on any atom is -0.279 e. The van der Waals surface area contributed by atoms with Gasteiger partial charge in [0.2, 0.25) is 0 Å². The van der Waals surface area contributed by atoms with Crippen molar-refractivity contribution in [1.82, 2.24) is 0 Å². The fourth-order valence-electron chi connectivity index (χ4n) is 1.33. The monoisotopic (exact) mass is 366 g/mol. The van der Waals surface area contributed by atoms with Crippen LogP contribution in [0.2, 0.25) is 14.4 Å². The molecule has 1 aromatic carbocycles. The standard InChI is InChI=1S/C11H5Cl3N2O2S2/c12-8-3-7(2-1-6(8)5-15)16-20(17,18)10-4-9(13)11(14)19-10/h1-4,16H. The number of thiophene rings is 1. The Labute approximate surface area is 134 Å². The van der Waals surface area contributed by atoms with Crippen LogP contribution in [-0.4, -0.2) is 8.42 Å². The number of hydrogen-bond acceptors (Lipinski definition) is 4. The number of nitrogens with one attached hydrogen (secondary N) is 1. The maximum absolute atomic E-state index is 12.1. The summed E-state index contributed by atoms with van der Waals surface area (Å²) in [5.74, 6) is 0. The lowest BCUT2D eigenvalue weighted by atomic mass is 10.2. The van der Waals surface area contributed by atoms with E-state index in [1.54, 1.807) is 0 Å². The van der Waals surface area contributed by atoms with Crippen LogP contribution in [0.1, 0.15) is 5.56 Å². The predicted molar refractivity (Wildman–Crippen MR) is 81.3 cm³/mol. The number of nitrogens with zero attached hydrogens (tertiary/aromatic N) is 1. The van der Waals surface area contributed by atoms with E-state index in [9.17, 15) is 8.42 Å². The van der Waals surface area contributed by atoms with Crippen LogP contribution in [0.15, 0.2) is 28.5 Å². The molecule has 0 unspecified atom stereocenters. The number of benzene rings is 1. The topological polar surface area (TPSA) is 70.0 Å². The number of hydrogen-bond donors (Lipinski definition) is 1. The average Bonchev–Trinajstić information content (AvgIpc) is 2.70. The maximum Gasteiger partial charge on any atom is 0.271 e. The van der Waals surface area contributed by atoms with Crippen molar-refractivity contribution in [3.63, 3.8) is 0 Å². The Balaban J connectivity index is 2.34. The van der Waals surface area contributed by atoms with Gasteiger partial charge in [-0.05, 0) is 24.3 Å². The van der Waals surface area contributed by atoms with Gasteiger partial charge in [-0.25, -0.2) is 8.42 Å². The Hall–Kier alpha value is -0.970. The van der Waals surface area contributed by atoms with Gasteiger partial charge in [0.05, 0.1) is 21.3 Å². The molecule has 0 atom stereocenters. The molecule has 104 valence electrons. The highest BCUT2D eigenvalue weighted by molar-refractivity contribution is 7.94. The number of anilines is 1. The van der Waals surface area contributed by atoms with E-state index in [1.807, 2.05) is 6.07 Å². The molecule has 0 aliphatic rings. The Morgan fingerprint density at radius 1 is 1.15 bits per heavy atom. The maximum atomic E-state index is 12.1. The summed E-state index contributed by atoms with van der Waals surface area (Å²) < 4.78 is 26.7. The van der Waals surface area contributed by atoms with E-state index in [-0.39, 0.29) is 29.8 Å². The van der Waals surface area contributed by atoms with Crippen molar-refractivity contribution >= 4 is 61.9 Å². The molecule has 2 rings (SSSR count). The fraction of sp³-hybridized carbons (Fsp3) is 0. The molecule has 0 radical (unpaired) electrons. The number of halogens is 3. The highest BCUT2D eigenvalue weighted by atomic mass is 35.5. The molecule has 0 spiro atoms. The van der Waals surface area contributed by atoms with Crippen molar-refractivity contribution in [2.24, 2.45) is 0 Å². The van der Waals surface area contributed by atoms with Crippen molar-refractivity contribution in [1.29, 1.82) is 5.26 Å². The lowest BCUT2D eigenvalue weighted by Gasteiger charge is -2.06. The normalized spacial score (nSPS) is 11.1. The average molecular weight is 368 g/mol. The SMILES string of the molecule is N#Cc1ccc(NS(=O)(=O)c2cc(Cl)c(Cl)s2)cc1Cl. The van der Waals surface area contributed by atoms with Gasteiger partial charge in [0.25, 0.3) is 10.0 Å². The molecule has 1 aromatic heterocycles. The summed E-state index contributed by atoms with van der Waals surface area (Å²) in [7, 11) is -3.79. The first kappa shape index (κ1) is 15.4. The van der Waals surface area contributed by atoms with Crippen LogP contribution in [0.5, 0.6) is 0 Å². The lowest BCUT2D eigenvalue weighted by Crippen LogP contribution is -2.11. The van der Waals surface area contributed by atoms with Crippen molar-refractivity contribution in [2.75, 3.05) is 4.72 Å². The van der Waals surface area contributed by atoms with E-state index >= 15 is 0 Å². The van der Waals surface area contributed by atoms with Gasteiger partial charge in [-0.3, -0.25) is 4.72 Å². The summed E-state index contributed by atoms with van der Waals surface area (Å²) in [4.78, 5) is 0. The van der Waals surface area contributed by atoms with Crippen LogP contribution >= 0.6 is 46.1 Å². The van der Waals surface area contributed by atoms with Crippen LogP contribution in [0.4, 0.5) is 5.69 Å². The molecule has 0 saturated carbocycles. The van der Waals surface area contributed by atoms with Crippen LogP contribution < -0.4 is 4.72 Å². The molecule has 0 bridgehead atoms. The van der Waals surface area contributed by atoms with Crippen molar-refractivity contribution in [3.8, 4) is 6.07 Å². The summed E-state index contributed by atoms with van der Waals surface area (Å²) in [5.41, 5.74) is 0.506. The third kappa shape index (κ3) is 3.19. The lowest BCUT2D eigenvalue weighted by molar-refractivity contribution is 0.603. The van der Waals surface area contributed by atoms with Gasteiger partial charge < -0.3 is 0 Å². The zero-order chi connectivity index (χ0) is 14.9. The number of nitriles is 1. The summed E-state index contributed by atoms with van der Waals surface area (Å²) >= 11 is 18.2. The first-order chi connectivity index (χ1) is 9.33. The first-order valence-electron chi connectivity index (χ1n) is 5.01. The molecule has 9 heteroatoms. The van der Waals surface area contributed by atoms with Crippen molar-refractivity contribution < 1.29 is 8.42 Å². The second-order valence-electron chi connectivity index (χ2n) is 3.60. The first-order valence-corrected chi connectivity index (χ1v) is 8.44. The Bertz CT molecular complexity index is 790. The minimum atomic E-state index is -3.79. The molecule has 4 nitrogen and oxygen atoms in total. The highest BCUT2D eigenvalue weighted by Gasteiger charge is 2.19. The molecular formula is C11H5Cl3N2O2S2. The minimum absolute atomic E-state index is 0.00650. The van der Waals surface area contributed by atoms with E-state index < -0.39 is 10.0 Å². The quantitative estimate of drug-likeness (QED) is 0.875. The summed E-state index contributed by atoms with van der Waals surface area (Å²) in [6, 6.07) is 7.38. The zero-order valence-electron chi connectivity index (χ0n) is 9.52. The summed E-state index contributed by atoms with van der Waals surface area (Å²) in [5, 5.41) is 9.09. The van der Waals surface area contributed by atoms with Gasteiger partial charge in [0.15, 0.2) is 0 Å². The van der Waals surface area contributed by atoms with Gasteiger partial charge >= 0.3 is 0 Å².